The van der Waals surface area contributed by atoms with E-state index in [2.05, 4.69) is 11.9 Å². The Bertz CT molecular complexity index is 1470. The van der Waals surface area contributed by atoms with Gasteiger partial charge >= 0.3 is 12.1 Å². The molecule has 2 fully saturated rings. The van der Waals surface area contributed by atoms with Crippen molar-refractivity contribution in [3.63, 3.8) is 0 Å². The van der Waals surface area contributed by atoms with Gasteiger partial charge in [-0.2, -0.15) is 0 Å². The first-order valence-corrected chi connectivity index (χ1v) is 16.3. The van der Waals surface area contributed by atoms with E-state index in [1.54, 1.807) is 41.3 Å². The van der Waals surface area contributed by atoms with Crippen LogP contribution in [0.1, 0.15) is 72.1 Å². The van der Waals surface area contributed by atoms with E-state index in [1.807, 2.05) is 0 Å². The van der Waals surface area contributed by atoms with Crippen LogP contribution in [0.3, 0.4) is 0 Å². The van der Waals surface area contributed by atoms with Gasteiger partial charge in [-0.05, 0) is 75.3 Å². The number of anilines is 2. The lowest BCUT2D eigenvalue weighted by molar-refractivity contribution is -0.198. The Morgan fingerprint density at radius 1 is 1.04 bits per heavy atom. The maximum atomic E-state index is 14.1. The second-order valence-electron chi connectivity index (χ2n) is 11.7. The molecule has 3 heterocycles. The van der Waals surface area contributed by atoms with Crippen LogP contribution in [0.25, 0.3) is 0 Å². The molecule has 0 radical (unpaired) electrons. The molecule has 2 aromatic carbocycles. The lowest BCUT2D eigenvalue weighted by atomic mass is 10.00. The van der Waals surface area contributed by atoms with Crippen molar-refractivity contribution in [2.45, 2.75) is 69.9 Å². The second-order valence-corrected chi connectivity index (χ2v) is 11.7. The highest BCUT2D eigenvalue weighted by Crippen LogP contribution is 2.42. The average molecular weight is 666 g/mol. The predicted molar refractivity (Wildman–Crippen MR) is 175 cm³/mol. The minimum atomic E-state index is -0.873. The molecule has 1 N–H and O–H groups in total. The SMILES string of the molecule is C=CCOC(=O)N1c2cc(OCCCC(=O)Nc3ccc(C(=O)OC)cc3)c(OC)cc2C(=O)N2CCCC[C@H]2C1OC1CCCCO1. The summed E-state index contributed by atoms with van der Waals surface area (Å²) in [7, 11) is 2.78. The first-order chi connectivity index (χ1) is 23.3. The third kappa shape index (κ3) is 8.08. The maximum Gasteiger partial charge on any atom is 0.416 e. The molecule has 2 aromatic rings. The first-order valence-electron chi connectivity index (χ1n) is 16.3. The number of rotatable bonds is 12. The van der Waals surface area contributed by atoms with Crippen LogP contribution in [0.4, 0.5) is 16.2 Å². The Labute approximate surface area is 280 Å². The number of ether oxygens (including phenoxy) is 6. The van der Waals surface area contributed by atoms with Crippen molar-refractivity contribution < 1.29 is 47.6 Å². The van der Waals surface area contributed by atoms with Gasteiger partial charge in [-0.25, -0.2) is 14.5 Å². The monoisotopic (exact) mass is 665 g/mol. The van der Waals surface area contributed by atoms with Crippen LogP contribution in [0.15, 0.2) is 49.1 Å². The number of hydrogen-bond acceptors (Lipinski definition) is 10. The van der Waals surface area contributed by atoms with Crippen LogP contribution >= 0.6 is 0 Å². The Morgan fingerprint density at radius 2 is 1.83 bits per heavy atom. The van der Waals surface area contributed by atoms with Crippen LogP contribution in [0.2, 0.25) is 0 Å². The van der Waals surface area contributed by atoms with Crippen LogP contribution in [-0.4, -0.2) is 87.9 Å². The molecule has 3 aliphatic heterocycles. The molecule has 5 rings (SSSR count). The van der Waals surface area contributed by atoms with Gasteiger partial charge in [0.05, 0.1) is 43.7 Å². The number of nitrogens with one attached hydrogen (secondary N) is 1. The van der Waals surface area contributed by atoms with Crippen LogP contribution in [0.5, 0.6) is 11.5 Å². The zero-order valence-electron chi connectivity index (χ0n) is 27.4. The highest BCUT2D eigenvalue weighted by Gasteiger charge is 2.46. The van der Waals surface area contributed by atoms with Gasteiger partial charge < -0.3 is 38.6 Å². The quantitative estimate of drug-likeness (QED) is 0.181. The molecule has 0 bridgehead atoms. The van der Waals surface area contributed by atoms with E-state index in [0.717, 1.165) is 25.7 Å². The molecule has 13 nitrogen and oxygen atoms in total. The van der Waals surface area contributed by atoms with Crippen molar-refractivity contribution in [2.75, 3.05) is 50.8 Å². The standard InChI is InChI=1S/C35H43N3O10/c1-4-18-47-35(42)38-27-22-29(45-20-9-11-30(39)36-24-15-13-23(14-16-24)34(41)44-3)28(43-2)21-25(27)32(40)37-17-7-5-10-26(37)33(38)48-31-12-6-8-19-46-31/h4,13-16,21-22,26,31,33H,1,5-12,17-20H2,2-3H3,(H,36,39)/t26-,31?,33?/m0/s1. The summed E-state index contributed by atoms with van der Waals surface area (Å²) < 4.78 is 34.4. The lowest BCUT2D eigenvalue weighted by Crippen LogP contribution is -2.57. The molecule has 3 aliphatic rings. The molecule has 0 saturated carbocycles. The number of methoxy groups -OCH3 is 2. The summed E-state index contributed by atoms with van der Waals surface area (Å²) >= 11 is 0. The van der Waals surface area contributed by atoms with Crippen LogP contribution in [0, 0.1) is 0 Å². The summed E-state index contributed by atoms with van der Waals surface area (Å²) in [6.07, 6.45) is 4.75. The highest BCUT2D eigenvalue weighted by molar-refractivity contribution is 6.06. The van der Waals surface area contributed by atoms with E-state index in [-0.39, 0.29) is 48.4 Å². The highest BCUT2D eigenvalue weighted by atomic mass is 16.7. The van der Waals surface area contributed by atoms with E-state index < -0.39 is 30.6 Å². The normalized spacial score (nSPS) is 20.5. The smallest absolute Gasteiger partial charge is 0.416 e. The summed E-state index contributed by atoms with van der Waals surface area (Å²) in [4.78, 5) is 55.3. The molecule has 2 unspecified atom stereocenters. The number of piperidine rings is 1. The van der Waals surface area contributed by atoms with Gasteiger partial charge in [0.15, 0.2) is 24.0 Å². The molecule has 0 aliphatic carbocycles. The van der Waals surface area contributed by atoms with Gasteiger partial charge in [0, 0.05) is 31.3 Å². The van der Waals surface area contributed by atoms with Crippen molar-refractivity contribution in [3.05, 3.63) is 60.2 Å². The zero-order chi connectivity index (χ0) is 34.0. The molecule has 0 spiro atoms. The number of benzene rings is 2. The van der Waals surface area contributed by atoms with Gasteiger partial charge in [-0.15, -0.1) is 0 Å². The summed E-state index contributed by atoms with van der Waals surface area (Å²) in [5, 5.41) is 2.80. The lowest BCUT2D eigenvalue weighted by Gasteiger charge is -2.42. The van der Waals surface area contributed by atoms with E-state index in [0.29, 0.717) is 49.4 Å². The molecular formula is C35H43N3O10. The minimum absolute atomic E-state index is 0.0311. The molecule has 3 amide bonds. The Balaban J connectivity index is 1.36. The molecule has 48 heavy (non-hydrogen) atoms. The summed E-state index contributed by atoms with van der Waals surface area (Å²) in [6, 6.07) is 9.14. The minimum Gasteiger partial charge on any atom is -0.493 e. The molecule has 258 valence electrons. The van der Waals surface area contributed by atoms with Crippen molar-refractivity contribution >= 4 is 35.3 Å². The third-order valence-corrected chi connectivity index (χ3v) is 8.51. The van der Waals surface area contributed by atoms with E-state index >= 15 is 0 Å². The number of carbonyl (C=O) groups is 4. The molecular weight excluding hydrogens is 622 g/mol. The number of fused-ring (bicyclic) bond motifs is 2. The van der Waals surface area contributed by atoms with Gasteiger partial charge in [-0.3, -0.25) is 9.59 Å². The topological polar surface area (TPSA) is 142 Å². The molecule has 2 saturated heterocycles. The summed E-state index contributed by atoms with van der Waals surface area (Å²) in [5.41, 5.74) is 1.45. The fourth-order valence-electron chi connectivity index (χ4n) is 6.14. The van der Waals surface area contributed by atoms with Crippen molar-refractivity contribution in [2.24, 2.45) is 0 Å². The van der Waals surface area contributed by atoms with Crippen LogP contribution < -0.4 is 19.7 Å². The first kappa shape index (κ1) is 34.7. The van der Waals surface area contributed by atoms with Crippen molar-refractivity contribution in [3.8, 4) is 11.5 Å². The number of hydrogen-bond donors (Lipinski definition) is 1. The average Bonchev–Trinajstić information content (AvgIpc) is 3.21. The van der Waals surface area contributed by atoms with Gasteiger partial charge in [0.1, 0.15) is 6.61 Å². The molecule has 3 atom stereocenters. The van der Waals surface area contributed by atoms with Crippen LogP contribution in [-0.2, 0) is 23.7 Å². The van der Waals surface area contributed by atoms with Gasteiger partial charge in [0.25, 0.3) is 5.91 Å². The van der Waals surface area contributed by atoms with E-state index in [4.69, 9.17) is 28.4 Å². The fraction of sp³-hybridized carbons (Fsp3) is 0.486. The van der Waals surface area contributed by atoms with Gasteiger partial charge in [-0.1, -0.05) is 12.7 Å². The van der Waals surface area contributed by atoms with E-state index in [1.165, 1.54) is 25.2 Å². The zero-order valence-corrected chi connectivity index (χ0v) is 27.4. The Morgan fingerprint density at radius 3 is 2.54 bits per heavy atom. The maximum absolute atomic E-state index is 14.1. The van der Waals surface area contributed by atoms with E-state index in [9.17, 15) is 19.2 Å². The fourth-order valence-corrected chi connectivity index (χ4v) is 6.14. The number of amides is 3. The largest absolute Gasteiger partial charge is 0.493 e. The number of nitrogens with zero attached hydrogens (tertiary/aromatic N) is 2. The second kappa shape index (κ2) is 16.5. The van der Waals surface area contributed by atoms with Gasteiger partial charge in [0.2, 0.25) is 5.91 Å². The number of carbonyl (C=O) groups excluding carboxylic acids is 4. The Kier molecular flexibility index (Phi) is 11.9. The number of esters is 1. The van der Waals surface area contributed by atoms with Crippen molar-refractivity contribution in [1.82, 2.24) is 4.90 Å². The molecule has 0 aromatic heterocycles. The molecule has 13 heteroatoms. The summed E-state index contributed by atoms with van der Waals surface area (Å²) in [5.74, 6) is -0.344. The Hall–Kier alpha value is -4.62. The predicted octanol–water partition coefficient (Wildman–Crippen LogP) is 5.29. The third-order valence-electron chi connectivity index (χ3n) is 8.51. The summed E-state index contributed by atoms with van der Waals surface area (Å²) in [6.45, 7) is 4.85. The van der Waals surface area contributed by atoms with Crippen molar-refractivity contribution in [1.29, 1.82) is 0 Å².